The van der Waals surface area contributed by atoms with Crippen LogP contribution in [0.3, 0.4) is 0 Å². The molecule has 2 nitrogen and oxygen atoms in total. The monoisotopic (exact) mass is 270 g/mol. The summed E-state index contributed by atoms with van der Waals surface area (Å²) in [5.41, 5.74) is 1.18. The van der Waals surface area contributed by atoms with E-state index in [9.17, 15) is 4.79 Å². The first kappa shape index (κ1) is 17.6. The molecular weight excluding hydrogens is 240 g/mol. The van der Waals surface area contributed by atoms with Crippen molar-refractivity contribution in [2.75, 3.05) is 6.61 Å². The fourth-order valence-corrected chi connectivity index (χ4v) is 2.56. The average molecular weight is 270 g/mol. The Bertz CT molecular complexity index is 298. The predicted molar refractivity (Wildman–Crippen MR) is 81.4 cm³/mol. The summed E-state index contributed by atoms with van der Waals surface area (Å²) in [7, 11) is -1.58. The van der Waals surface area contributed by atoms with E-state index in [2.05, 4.69) is 33.9 Å². The fourth-order valence-electron chi connectivity index (χ4n) is 1.47. The summed E-state index contributed by atoms with van der Waals surface area (Å²) >= 11 is 0. The van der Waals surface area contributed by atoms with Gasteiger partial charge in [0.25, 0.3) is 0 Å². The van der Waals surface area contributed by atoms with Crippen molar-refractivity contribution in [3.05, 3.63) is 11.6 Å². The van der Waals surface area contributed by atoms with Gasteiger partial charge in [-0.15, -0.1) is 0 Å². The number of hydrogen-bond acceptors (Lipinski definition) is 2. The average Bonchev–Trinajstić information content (AvgIpc) is 2.13. The Balaban J connectivity index is 3.86. The number of allylic oxidation sites excluding steroid dienone is 2. The van der Waals surface area contributed by atoms with E-state index >= 15 is 0 Å². The van der Waals surface area contributed by atoms with Crippen molar-refractivity contribution >= 4 is 14.1 Å². The molecule has 0 spiro atoms. The summed E-state index contributed by atoms with van der Waals surface area (Å²) in [6.07, 6.45) is 4.91. The van der Waals surface area contributed by atoms with E-state index in [-0.39, 0.29) is 10.8 Å². The van der Waals surface area contributed by atoms with E-state index in [0.717, 1.165) is 25.9 Å². The lowest BCUT2D eigenvalue weighted by molar-refractivity contribution is -0.112. The third kappa shape index (κ3) is 7.12. The molecule has 0 aliphatic carbocycles. The van der Waals surface area contributed by atoms with Crippen LogP contribution in [-0.4, -0.2) is 20.7 Å². The van der Waals surface area contributed by atoms with Crippen LogP contribution >= 0.6 is 0 Å². The number of unbranched alkanes of at least 4 members (excludes halogenated alkanes) is 1. The largest absolute Gasteiger partial charge is 0.417 e. The Kier molecular flexibility index (Phi) is 7.08. The Labute approximate surface area is 114 Å². The van der Waals surface area contributed by atoms with Crippen molar-refractivity contribution in [2.24, 2.45) is 0 Å². The number of carbonyl (C=O) groups excluding carboxylic acids is 1. The Morgan fingerprint density at radius 3 is 2.17 bits per heavy atom. The first-order valence-electron chi connectivity index (χ1n) is 6.88. The molecule has 0 rings (SSSR count). The molecule has 0 aliphatic rings. The maximum Gasteiger partial charge on any atom is 0.191 e. The lowest BCUT2D eigenvalue weighted by Gasteiger charge is -2.36. The second kappa shape index (κ2) is 7.24. The summed E-state index contributed by atoms with van der Waals surface area (Å²) in [5, 5.41) is 0.289. The Morgan fingerprint density at radius 1 is 1.17 bits per heavy atom. The van der Waals surface area contributed by atoms with Crippen molar-refractivity contribution in [2.45, 2.75) is 72.0 Å². The van der Waals surface area contributed by atoms with Crippen LogP contribution in [0.2, 0.25) is 18.1 Å². The third-order valence-corrected chi connectivity index (χ3v) is 8.22. The molecule has 0 bridgehead atoms. The molecule has 0 aromatic rings. The first-order chi connectivity index (χ1) is 8.06. The van der Waals surface area contributed by atoms with Crippen molar-refractivity contribution in [1.29, 1.82) is 0 Å². The molecule has 0 unspecified atom stereocenters. The van der Waals surface area contributed by atoms with Crippen molar-refractivity contribution in [3.63, 3.8) is 0 Å². The summed E-state index contributed by atoms with van der Waals surface area (Å²) < 4.78 is 6.11. The van der Waals surface area contributed by atoms with Crippen LogP contribution < -0.4 is 0 Å². The summed E-state index contributed by atoms with van der Waals surface area (Å²) in [5.74, 6) is 0.144. The molecular formula is C15H30O2Si. The zero-order chi connectivity index (χ0) is 14.4. The molecule has 0 amide bonds. The Hall–Kier alpha value is -0.413. The minimum Gasteiger partial charge on any atom is -0.417 e. The minimum atomic E-state index is -1.58. The van der Waals surface area contributed by atoms with E-state index in [0.29, 0.717) is 0 Å². The molecule has 0 radical (unpaired) electrons. The van der Waals surface area contributed by atoms with Gasteiger partial charge in [0.05, 0.1) is 0 Å². The topological polar surface area (TPSA) is 26.3 Å². The molecule has 3 heteroatoms. The first-order valence-corrected chi connectivity index (χ1v) is 9.79. The molecule has 0 aromatic carbocycles. The molecule has 0 aromatic heterocycles. The van der Waals surface area contributed by atoms with Crippen molar-refractivity contribution in [3.8, 4) is 0 Å². The van der Waals surface area contributed by atoms with Crippen LogP contribution in [0.1, 0.15) is 53.9 Å². The van der Waals surface area contributed by atoms with E-state index in [1.54, 1.807) is 13.0 Å². The van der Waals surface area contributed by atoms with Crippen LogP contribution in [0.25, 0.3) is 0 Å². The van der Waals surface area contributed by atoms with Gasteiger partial charge < -0.3 is 4.43 Å². The van der Waals surface area contributed by atoms with E-state index in [4.69, 9.17) is 4.43 Å². The highest BCUT2D eigenvalue weighted by Crippen LogP contribution is 2.36. The molecule has 0 aliphatic heterocycles. The second-order valence-electron chi connectivity index (χ2n) is 6.67. The highest BCUT2D eigenvalue weighted by Gasteiger charge is 2.36. The number of carbonyl (C=O) groups is 1. The lowest BCUT2D eigenvalue weighted by atomic mass is 10.1. The highest BCUT2D eigenvalue weighted by molar-refractivity contribution is 6.74. The third-order valence-electron chi connectivity index (χ3n) is 3.68. The smallest absolute Gasteiger partial charge is 0.191 e. The quantitative estimate of drug-likeness (QED) is 0.380. The summed E-state index contributed by atoms with van der Waals surface area (Å²) in [6, 6.07) is 0. The molecule has 0 saturated heterocycles. The minimum absolute atomic E-state index is 0.144. The number of hydrogen-bond donors (Lipinski definition) is 0. The van der Waals surface area contributed by atoms with Crippen LogP contribution in [0.5, 0.6) is 0 Å². The summed E-state index contributed by atoms with van der Waals surface area (Å²) in [6.45, 7) is 15.8. The Morgan fingerprint density at radius 2 is 1.72 bits per heavy atom. The molecule has 0 atom stereocenters. The normalized spacial score (nSPS) is 13.8. The molecule has 0 heterocycles. The lowest BCUT2D eigenvalue weighted by Crippen LogP contribution is -2.40. The van der Waals surface area contributed by atoms with Gasteiger partial charge in [-0.2, -0.15) is 0 Å². The van der Waals surface area contributed by atoms with Gasteiger partial charge in [0.15, 0.2) is 14.1 Å². The van der Waals surface area contributed by atoms with Crippen LogP contribution in [-0.2, 0) is 9.22 Å². The molecule has 0 fully saturated rings. The number of ketones is 1. The van der Waals surface area contributed by atoms with E-state index < -0.39 is 8.32 Å². The van der Waals surface area contributed by atoms with Gasteiger partial charge in [-0.3, -0.25) is 4.79 Å². The SMILES string of the molecule is CC(=O)/C=C(\C)CCCCO[Si](C)(C)C(C)(C)C. The maximum absolute atomic E-state index is 10.9. The van der Waals surface area contributed by atoms with Gasteiger partial charge in [0.2, 0.25) is 0 Å². The second-order valence-corrected chi connectivity index (χ2v) is 11.5. The van der Waals surface area contributed by atoms with Crippen LogP contribution in [0, 0.1) is 0 Å². The molecule has 0 N–H and O–H groups in total. The highest BCUT2D eigenvalue weighted by atomic mass is 28.4. The standard InChI is InChI=1S/C15H30O2Si/c1-13(12-14(2)16)10-8-9-11-17-18(6,7)15(3,4)5/h12H,8-11H2,1-7H3/b13-12+. The summed E-state index contributed by atoms with van der Waals surface area (Å²) in [4.78, 5) is 10.9. The van der Waals surface area contributed by atoms with Gasteiger partial charge in [0.1, 0.15) is 0 Å². The van der Waals surface area contributed by atoms with Crippen molar-refractivity contribution in [1.82, 2.24) is 0 Å². The van der Waals surface area contributed by atoms with Gasteiger partial charge in [-0.05, 0) is 57.3 Å². The molecule has 0 saturated carbocycles. The zero-order valence-electron chi connectivity index (χ0n) is 13.2. The predicted octanol–water partition coefficient (Wildman–Crippen LogP) is 4.71. The van der Waals surface area contributed by atoms with E-state index in [1.165, 1.54) is 5.57 Å². The van der Waals surface area contributed by atoms with Gasteiger partial charge >= 0.3 is 0 Å². The van der Waals surface area contributed by atoms with Gasteiger partial charge in [0, 0.05) is 6.61 Å². The molecule has 18 heavy (non-hydrogen) atoms. The maximum atomic E-state index is 10.9. The fraction of sp³-hybridized carbons (Fsp3) is 0.800. The number of rotatable bonds is 7. The van der Waals surface area contributed by atoms with Crippen LogP contribution in [0.15, 0.2) is 11.6 Å². The molecule has 106 valence electrons. The van der Waals surface area contributed by atoms with Crippen LogP contribution in [0.4, 0.5) is 0 Å². The van der Waals surface area contributed by atoms with Crippen molar-refractivity contribution < 1.29 is 9.22 Å². The van der Waals surface area contributed by atoms with E-state index in [1.807, 2.05) is 6.92 Å². The zero-order valence-corrected chi connectivity index (χ0v) is 14.2. The van der Waals surface area contributed by atoms with Gasteiger partial charge in [-0.25, -0.2) is 0 Å². The van der Waals surface area contributed by atoms with Gasteiger partial charge in [-0.1, -0.05) is 26.3 Å².